The number of fused-ring (bicyclic) bond motifs is 2. The van der Waals surface area contributed by atoms with E-state index in [1.165, 1.54) is 55.6 Å². The predicted octanol–water partition coefficient (Wildman–Crippen LogP) is 15.8. The Morgan fingerprint density at radius 2 is 0.769 bits per heavy atom. The molecule has 65 heavy (non-hydrogen) atoms. The second-order valence-electron chi connectivity index (χ2n) is 17.2. The Morgan fingerprint density at radius 1 is 0.354 bits per heavy atom. The summed E-state index contributed by atoms with van der Waals surface area (Å²) in [4.78, 5) is 0. The van der Waals surface area contributed by atoms with Gasteiger partial charge < -0.3 is 20.1 Å². The number of hydrogen-bond acceptors (Lipinski definition) is 4. The molecule has 0 saturated carbocycles. The molecule has 0 heterocycles. The standard InChI is InChI=1S/2C10H10.C9H12O.3C8H10O.C8H10/c2*1-8-5-6-9-3-2-4-10(9)7-8;1-7-4-5-8(2)9(6-7)10-3;2*1-6-3-7(2)5-8(9)4-6;1-6-3-4-7(2)8(9)5-6;1-7-4-3-5-8(2)6-7/h2,4-7H,3H2,1H3;2-3,5-7H,4H2,1H3;4-6H,1-3H3;3*3-5,9H,1-2H3;3-6H,1-2H3. The fourth-order valence-electron chi connectivity index (χ4n) is 7.11. The van der Waals surface area contributed by atoms with Gasteiger partial charge in [-0.15, -0.1) is 0 Å². The number of benzene rings is 7. The molecule has 0 fully saturated rings. The summed E-state index contributed by atoms with van der Waals surface area (Å²) in [6.45, 7) is 24.3. The average Bonchev–Trinajstić information content (AvgIpc) is 3.90. The average molecular weight is 869 g/mol. The minimum atomic E-state index is 0.354. The van der Waals surface area contributed by atoms with Crippen LogP contribution in [-0.2, 0) is 12.8 Å². The number of phenols is 3. The Morgan fingerprint density at radius 3 is 1.23 bits per heavy atom. The topological polar surface area (TPSA) is 69.9 Å². The van der Waals surface area contributed by atoms with Crippen molar-refractivity contribution in [3.8, 4) is 23.0 Å². The molecule has 0 bridgehead atoms. The summed E-state index contributed by atoms with van der Waals surface area (Å²) in [6.07, 6.45) is 11.1. The molecular formula is C61H72O4. The van der Waals surface area contributed by atoms with E-state index >= 15 is 0 Å². The van der Waals surface area contributed by atoms with Crippen LogP contribution in [-0.4, -0.2) is 22.4 Å². The van der Waals surface area contributed by atoms with Crippen molar-refractivity contribution in [1.82, 2.24) is 0 Å². The van der Waals surface area contributed by atoms with Crippen molar-refractivity contribution in [1.29, 1.82) is 0 Å². The molecule has 0 spiro atoms. The Hall–Kier alpha value is -6.78. The van der Waals surface area contributed by atoms with Gasteiger partial charge in [-0.25, -0.2) is 0 Å². The maximum absolute atomic E-state index is 9.10. The Balaban J connectivity index is 0.000000202. The number of aromatic hydroxyl groups is 3. The highest BCUT2D eigenvalue weighted by Crippen LogP contribution is 2.22. The van der Waals surface area contributed by atoms with Gasteiger partial charge in [-0.3, -0.25) is 0 Å². The number of phenolic OH excluding ortho intramolecular Hbond substituents is 3. The van der Waals surface area contributed by atoms with Crippen LogP contribution in [0.5, 0.6) is 23.0 Å². The van der Waals surface area contributed by atoms with Gasteiger partial charge in [0, 0.05) is 0 Å². The van der Waals surface area contributed by atoms with E-state index in [1.54, 1.807) is 37.4 Å². The zero-order valence-electron chi connectivity index (χ0n) is 41.2. The SMILES string of the molecule is COc1cc(C)ccc1C.Cc1cc(C)cc(O)c1.Cc1cc(C)cc(O)c1.Cc1ccc(C)c(O)c1.Cc1ccc2c(c1)C=CC2.Cc1ccc2c(c1)CC=C2.Cc1cccc(C)c1. The van der Waals surface area contributed by atoms with Crippen molar-refractivity contribution in [2.24, 2.45) is 0 Å². The number of aryl methyl sites for hydroxylation is 12. The van der Waals surface area contributed by atoms with Gasteiger partial charge in [0.25, 0.3) is 0 Å². The quantitative estimate of drug-likeness (QED) is 0.154. The van der Waals surface area contributed by atoms with E-state index in [-0.39, 0.29) is 0 Å². The highest BCUT2D eigenvalue weighted by Gasteiger charge is 2.04. The molecule has 7 aromatic rings. The Labute approximate surface area is 391 Å². The fraction of sp³-hybridized carbons (Fsp3) is 0.246. The molecule has 7 aromatic carbocycles. The predicted molar refractivity (Wildman–Crippen MR) is 279 cm³/mol. The van der Waals surface area contributed by atoms with Crippen molar-refractivity contribution in [3.05, 3.63) is 235 Å². The molecule has 0 saturated heterocycles. The van der Waals surface area contributed by atoms with Crippen LogP contribution >= 0.6 is 0 Å². The van der Waals surface area contributed by atoms with Gasteiger partial charge in [0.15, 0.2) is 0 Å². The number of ether oxygens (including phenoxy) is 1. The van der Waals surface area contributed by atoms with Crippen LogP contribution < -0.4 is 4.74 Å². The molecule has 0 radical (unpaired) electrons. The smallest absolute Gasteiger partial charge is 0.122 e. The van der Waals surface area contributed by atoms with Gasteiger partial charge >= 0.3 is 0 Å². The normalized spacial score (nSPS) is 10.8. The lowest BCUT2D eigenvalue weighted by Gasteiger charge is -2.03. The highest BCUT2D eigenvalue weighted by molar-refractivity contribution is 5.61. The lowest BCUT2D eigenvalue weighted by molar-refractivity contribution is 0.411. The third-order valence-corrected chi connectivity index (χ3v) is 10.4. The monoisotopic (exact) mass is 869 g/mol. The second kappa shape index (κ2) is 26.8. The van der Waals surface area contributed by atoms with Crippen LogP contribution in [0.4, 0.5) is 0 Å². The summed E-state index contributed by atoms with van der Waals surface area (Å²) < 4.78 is 5.13. The van der Waals surface area contributed by atoms with Crippen molar-refractivity contribution in [2.45, 2.75) is 95.9 Å². The zero-order chi connectivity index (χ0) is 48.1. The van der Waals surface area contributed by atoms with E-state index in [2.05, 4.69) is 132 Å². The summed E-state index contributed by atoms with van der Waals surface area (Å²) in [5.41, 5.74) is 20.0. The molecule has 0 aliphatic heterocycles. The van der Waals surface area contributed by atoms with Gasteiger partial charge in [0.05, 0.1) is 7.11 Å². The van der Waals surface area contributed by atoms with Gasteiger partial charge in [-0.05, 0) is 199 Å². The number of methoxy groups -OCH3 is 1. The van der Waals surface area contributed by atoms with Gasteiger partial charge in [-0.1, -0.05) is 144 Å². The van der Waals surface area contributed by atoms with Crippen LogP contribution in [0.25, 0.3) is 12.2 Å². The lowest BCUT2D eigenvalue weighted by atomic mass is 10.1. The first-order chi connectivity index (χ1) is 30.8. The van der Waals surface area contributed by atoms with Crippen molar-refractivity contribution >= 4 is 12.2 Å². The van der Waals surface area contributed by atoms with E-state index in [0.29, 0.717) is 17.2 Å². The maximum atomic E-state index is 9.10. The molecule has 0 aromatic heterocycles. The molecule has 4 nitrogen and oxygen atoms in total. The van der Waals surface area contributed by atoms with Gasteiger partial charge in [0.2, 0.25) is 0 Å². The summed E-state index contributed by atoms with van der Waals surface area (Å²) in [5, 5.41) is 27.1. The summed E-state index contributed by atoms with van der Waals surface area (Å²) >= 11 is 0. The molecule has 9 rings (SSSR count). The molecule has 2 aliphatic rings. The van der Waals surface area contributed by atoms with E-state index in [9.17, 15) is 0 Å². The molecule has 0 unspecified atom stereocenters. The first kappa shape index (κ1) is 52.6. The molecular weight excluding hydrogens is 797 g/mol. The van der Waals surface area contributed by atoms with Crippen LogP contribution in [0.1, 0.15) is 89.0 Å². The Bertz CT molecular complexity index is 2470. The fourth-order valence-corrected chi connectivity index (χ4v) is 7.11. The van der Waals surface area contributed by atoms with Gasteiger partial charge in [-0.2, -0.15) is 0 Å². The molecule has 4 heteroatoms. The van der Waals surface area contributed by atoms with Crippen molar-refractivity contribution in [3.63, 3.8) is 0 Å². The first-order valence-corrected chi connectivity index (χ1v) is 22.3. The van der Waals surface area contributed by atoms with E-state index in [4.69, 9.17) is 20.1 Å². The summed E-state index contributed by atoms with van der Waals surface area (Å²) in [7, 11) is 1.70. The Kier molecular flexibility index (Phi) is 21.6. The second-order valence-corrected chi connectivity index (χ2v) is 17.2. The first-order valence-electron chi connectivity index (χ1n) is 22.3. The molecule has 0 amide bonds. The van der Waals surface area contributed by atoms with Crippen molar-refractivity contribution < 1.29 is 20.1 Å². The summed E-state index contributed by atoms with van der Waals surface area (Å²) in [5.74, 6) is 2.06. The molecule has 0 atom stereocenters. The van der Waals surface area contributed by atoms with E-state index < -0.39 is 0 Å². The van der Waals surface area contributed by atoms with E-state index in [1.807, 2.05) is 78.8 Å². The third-order valence-electron chi connectivity index (χ3n) is 10.4. The zero-order valence-corrected chi connectivity index (χ0v) is 41.2. The number of rotatable bonds is 1. The molecule has 3 N–H and O–H groups in total. The van der Waals surface area contributed by atoms with E-state index in [0.717, 1.165) is 52.0 Å². The molecule has 340 valence electrons. The van der Waals surface area contributed by atoms with Crippen molar-refractivity contribution in [2.75, 3.05) is 7.11 Å². The molecule has 2 aliphatic carbocycles. The minimum absolute atomic E-state index is 0.354. The lowest BCUT2D eigenvalue weighted by Crippen LogP contribution is -1.86. The maximum Gasteiger partial charge on any atom is 0.122 e. The van der Waals surface area contributed by atoms with Crippen LogP contribution in [0, 0.1) is 83.1 Å². The third kappa shape index (κ3) is 20.1. The summed E-state index contributed by atoms with van der Waals surface area (Å²) in [6, 6.07) is 44.5. The number of allylic oxidation sites excluding steroid dienone is 2. The van der Waals surface area contributed by atoms with Crippen LogP contribution in [0.15, 0.2) is 146 Å². The highest BCUT2D eigenvalue weighted by atomic mass is 16.5. The van der Waals surface area contributed by atoms with Crippen LogP contribution in [0.3, 0.4) is 0 Å². The van der Waals surface area contributed by atoms with Crippen LogP contribution in [0.2, 0.25) is 0 Å². The largest absolute Gasteiger partial charge is 0.508 e. The number of hydrogen-bond donors (Lipinski definition) is 3. The minimum Gasteiger partial charge on any atom is -0.508 e. The van der Waals surface area contributed by atoms with Gasteiger partial charge in [0.1, 0.15) is 23.0 Å².